The highest BCUT2D eigenvalue weighted by Crippen LogP contribution is 2.49. The van der Waals surface area contributed by atoms with Gasteiger partial charge in [-0.1, -0.05) is 103 Å². The molecule has 4 nitrogen and oxygen atoms in total. The summed E-state index contributed by atoms with van der Waals surface area (Å²) in [6, 6.07) is 40.0. The zero-order chi connectivity index (χ0) is 24.7. The summed E-state index contributed by atoms with van der Waals surface area (Å²) in [5.41, 5.74) is 7.17. The Kier molecular flexibility index (Phi) is 4.01. The number of benzene rings is 5. The lowest BCUT2D eigenvalue weighted by Gasteiger charge is -2.15. The molecule has 8 rings (SSSR count). The molecule has 0 N–H and O–H groups in total. The first-order valence-corrected chi connectivity index (χ1v) is 13.7. The van der Waals surface area contributed by atoms with E-state index in [1.54, 1.807) is 16.1 Å². The molecule has 5 heteroatoms. The third-order valence-corrected chi connectivity index (χ3v) is 9.22. The minimum Gasteiger partial charge on any atom is -0.305 e. The van der Waals surface area contributed by atoms with Gasteiger partial charge >= 0.3 is 0 Å². The zero-order valence-corrected chi connectivity index (χ0v) is 20.5. The lowest BCUT2D eigenvalue weighted by molar-refractivity contribution is 0.590. The molecule has 0 atom stereocenters. The number of aromatic nitrogens is 2. The lowest BCUT2D eigenvalue weighted by Crippen LogP contribution is -2.13. The molecule has 0 spiro atoms. The maximum atomic E-state index is 14.4. The summed E-state index contributed by atoms with van der Waals surface area (Å²) < 4.78 is 32.5. The summed E-state index contributed by atoms with van der Waals surface area (Å²) in [6.45, 7) is 0. The van der Waals surface area contributed by atoms with Crippen LogP contribution in [0.4, 0.5) is 0 Å². The van der Waals surface area contributed by atoms with Crippen molar-refractivity contribution in [3.63, 3.8) is 0 Å². The highest BCUT2D eigenvalue weighted by atomic mass is 32.2. The van der Waals surface area contributed by atoms with Crippen molar-refractivity contribution in [1.82, 2.24) is 8.54 Å². The molecular weight excluding hydrogens is 476 g/mol. The van der Waals surface area contributed by atoms with Gasteiger partial charge < -0.3 is 4.57 Å². The largest absolute Gasteiger partial charge is 0.305 e. The van der Waals surface area contributed by atoms with E-state index in [0.717, 1.165) is 44.1 Å². The van der Waals surface area contributed by atoms with Crippen LogP contribution in [0.3, 0.4) is 0 Å². The van der Waals surface area contributed by atoms with E-state index in [0.29, 0.717) is 21.6 Å². The van der Waals surface area contributed by atoms with Gasteiger partial charge in [0, 0.05) is 21.7 Å². The molecule has 1 aliphatic heterocycles. The first-order chi connectivity index (χ1) is 18.2. The molecule has 0 radical (unpaired) electrons. The van der Waals surface area contributed by atoms with Crippen molar-refractivity contribution >= 4 is 42.7 Å². The molecule has 0 unspecified atom stereocenters. The van der Waals surface area contributed by atoms with Crippen molar-refractivity contribution in [3.8, 4) is 28.1 Å². The number of para-hydroxylation sites is 2. The summed E-state index contributed by atoms with van der Waals surface area (Å²) in [5, 5.41) is 2.88. The van der Waals surface area contributed by atoms with Crippen LogP contribution >= 0.6 is 0 Å². The Morgan fingerprint density at radius 2 is 1.14 bits per heavy atom. The second-order valence-electron chi connectivity index (χ2n) is 9.40. The van der Waals surface area contributed by atoms with Gasteiger partial charge in [-0.15, -0.1) is 0 Å². The van der Waals surface area contributed by atoms with E-state index in [4.69, 9.17) is 0 Å². The Morgan fingerprint density at radius 3 is 1.92 bits per heavy atom. The summed E-state index contributed by atoms with van der Waals surface area (Å²) in [7, 11) is -3.88. The first kappa shape index (κ1) is 20.6. The van der Waals surface area contributed by atoms with Crippen molar-refractivity contribution in [2.75, 3.05) is 0 Å². The van der Waals surface area contributed by atoms with Crippen LogP contribution in [-0.4, -0.2) is 17.0 Å². The van der Waals surface area contributed by atoms with Crippen LogP contribution < -0.4 is 0 Å². The van der Waals surface area contributed by atoms with Gasteiger partial charge in [0.25, 0.3) is 10.0 Å². The maximum Gasteiger partial charge on any atom is 0.270 e. The van der Waals surface area contributed by atoms with Gasteiger partial charge in [0.05, 0.1) is 27.9 Å². The quantitative estimate of drug-likeness (QED) is 0.247. The molecule has 0 saturated heterocycles. The molecule has 0 saturated carbocycles. The lowest BCUT2D eigenvalue weighted by atomic mass is 9.98. The zero-order valence-electron chi connectivity index (χ0n) is 19.7. The van der Waals surface area contributed by atoms with Gasteiger partial charge in [-0.25, -0.2) is 12.4 Å². The smallest absolute Gasteiger partial charge is 0.270 e. The highest BCUT2D eigenvalue weighted by molar-refractivity contribution is 7.90. The molecule has 0 bridgehead atoms. The van der Waals surface area contributed by atoms with Gasteiger partial charge in [0.15, 0.2) is 0 Å². The number of hydrogen-bond acceptors (Lipinski definition) is 2. The fraction of sp³-hybridized carbons (Fsp3) is 0. The molecule has 37 heavy (non-hydrogen) atoms. The van der Waals surface area contributed by atoms with E-state index in [2.05, 4.69) is 41.0 Å². The minimum absolute atomic E-state index is 0.294. The standard InChI is InChI=1S/C32H20N2O2S/c35-37(36)28-18-10-9-17-27(28)33-30(22-13-5-2-6-14-22)29(21-11-3-1-4-12-21)25-20-19-24-23-15-7-8-16-26(23)34(37)32(24)31(25)33/h1-20H. The molecule has 0 fully saturated rings. The summed E-state index contributed by atoms with van der Waals surface area (Å²) >= 11 is 0. The molecule has 1 aliphatic rings. The van der Waals surface area contributed by atoms with E-state index < -0.39 is 10.0 Å². The Labute approximate surface area is 213 Å². The van der Waals surface area contributed by atoms with Crippen molar-refractivity contribution in [3.05, 3.63) is 121 Å². The number of nitrogens with zero attached hydrogens (tertiary/aromatic N) is 2. The van der Waals surface area contributed by atoms with Gasteiger partial charge in [0.2, 0.25) is 0 Å². The molecule has 5 aromatic carbocycles. The number of hydrogen-bond donors (Lipinski definition) is 0. The summed E-state index contributed by atoms with van der Waals surface area (Å²) in [4.78, 5) is 0.294. The maximum absolute atomic E-state index is 14.4. The third-order valence-electron chi connectivity index (χ3n) is 7.45. The van der Waals surface area contributed by atoms with E-state index in [1.165, 1.54) is 0 Å². The Hall–Kier alpha value is -4.61. The van der Waals surface area contributed by atoms with Crippen LogP contribution in [0.15, 0.2) is 126 Å². The predicted octanol–water partition coefficient (Wildman–Crippen LogP) is 7.62. The van der Waals surface area contributed by atoms with E-state index in [9.17, 15) is 8.42 Å². The second kappa shape index (κ2) is 7.21. The summed E-state index contributed by atoms with van der Waals surface area (Å²) in [5.74, 6) is 0. The fourth-order valence-corrected chi connectivity index (χ4v) is 7.71. The topological polar surface area (TPSA) is 44.0 Å². The Bertz CT molecular complexity index is 2140. The van der Waals surface area contributed by atoms with Crippen LogP contribution in [0, 0.1) is 0 Å². The third kappa shape index (κ3) is 2.59. The average Bonchev–Trinajstić information content (AvgIpc) is 3.45. The van der Waals surface area contributed by atoms with Gasteiger partial charge in [-0.05, 0) is 29.3 Å². The predicted molar refractivity (Wildman–Crippen MR) is 150 cm³/mol. The van der Waals surface area contributed by atoms with Crippen LogP contribution in [0.2, 0.25) is 0 Å². The second-order valence-corrected chi connectivity index (χ2v) is 11.2. The first-order valence-electron chi connectivity index (χ1n) is 12.2. The van der Waals surface area contributed by atoms with Gasteiger partial charge in [-0.2, -0.15) is 0 Å². The monoisotopic (exact) mass is 496 g/mol. The van der Waals surface area contributed by atoms with Crippen molar-refractivity contribution in [1.29, 1.82) is 0 Å². The Balaban J connectivity index is 1.74. The Morgan fingerprint density at radius 1 is 0.514 bits per heavy atom. The normalized spacial score (nSPS) is 13.8. The fourth-order valence-electron chi connectivity index (χ4n) is 6.00. The SMILES string of the molecule is O=S1(=O)c2ccccc2-n2c(-c3ccccc3)c(-c3ccccc3)c3ccc4c5ccccc5n1c4c32. The summed E-state index contributed by atoms with van der Waals surface area (Å²) in [6.07, 6.45) is 0. The molecular formula is C32H20N2O2S. The van der Waals surface area contributed by atoms with Crippen molar-refractivity contribution < 1.29 is 8.42 Å². The van der Waals surface area contributed by atoms with Crippen LogP contribution in [0.5, 0.6) is 0 Å². The van der Waals surface area contributed by atoms with Crippen LogP contribution in [0.1, 0.15) is 0 Å². The number of fused-ring (bicyclic) bond motifs is 5. The minimum atomic E-state index is -3.88. The molecule has 0 amide bonds. The molecule has 2 aromatic heterocycles. The van der Waals surface area contributed by atoms with Crippen molar-refractivity contribution in [2.45, 2.75) is 4.90 Å². The molecule has 3 heterocycles. The van der Waals surface area contributed by atoms with E-state index >= 15 is 0 Å². The van der Waals surface area contributed by atoms with E-state index in [1.807, 2.05) is 72.8 Å². The average molecular weight is 497 g/mol. The van der Waals surface area contributed by atoms with Gasteiger partial charge in [-0.3, -0.25) is 0 Å². The molecule has 176 valence electrons. The van der Waals surface area contributed by atoms with Crippen LogP contribution in [0.25, 0.3) is 60.8 Å². The van der Waals surface area contributed by atoms with E-state index in [-0.39, 0.29) is 0 Å². The highest BCUT2D eigenvalue weighted by Gasteiger charge is 2.34. The number of rotatable bonds is 2. The molecule has 7 aromatic rings. The van der Waals surface area contributed by atoms with Crippen molar-refractivity contribution in [2.24, 2.45) is 0 Å². The van der Waals surface area contributed by atoms with Crippen LogP contribution in [-0.2, 0) is 10.0 Å². The molecule has 0 aliphatic carbocycles. The van der Waals surface area contributed by atoms with Gasteiger partial charge in [0.1, 0.15) is 4.90 Å².